The second kappa shape index (κ2) is 4.86. The lowest BCUT2D eigenvalue weighted by molar-refractivity contribution is 0.138. The zero-order valence-corrected chi connectivity index (χ0v) is 13.8. The number of para-hydroxylation sites is 2. The smallest absolute Gasteiger partial charge is 0.123 e. The van der Waals surface area contributed by atoms with Crippen LogP contribution >= 0.6 is 0 Å². The normalized spacial score (nSPS) is 12.1. The largest absolute Gasteiger partial charge is 0.364 e. The molecule has 0 saturated heterocycles. The Kier molecular flexibility index (Phi) is 2.76. The van der Waals surface area contributed by atoms with Gasteiger partial charge < -0.3 is 13.7 Å². The SMILES string of the molecule is COCn1c2ccccc2c2c(C)cn3c4ccccc4cc3c21. The van der Waals surface area contributed by atoms with Gasteiger partial charge >= 0.3 is 0 Å². The van der Waals surface area contributed by atoms with Crippen LogP contribution in [0.3, 0.4) is 0 Å². The van der Waals surface area contributed by atoms with E-state index in [0.29, 0.717) is 6.73 Å². The van der Waals surface area contributed by atoms with Crippen molar-refractivity contribution in [2.45, 2.75) is 13.7 Å². The molecule has 5 aromatic rings. The van der Waals surface area contributed by atoms with E-state index in [1.807, 2.05) is 0 Å². The van der Waals surface area contributed by atoms with Crippen molar-refractivity contribution in [1.29, 1.82) is 0 Å². The van der Waals surface area contributed by atoms with Crippen molar-refractivity contribution in [1.82, 2.24) is 8.97 Å². The van der Waals surface area contributed by atoms with Crippen LogP contribution in [-0.4, -0.2) is 16.1 Å². The van der Waals surface area contributed by atoms with Crippen LogP contribution < -0.4 is 0 Å². The molecule has 5 rings (SSSR count). The number of nitrogens with zero attached hydrogens (tertiary/aromatic N) is 2. The summed E-state index contributed by atoms with van der Waals surface area (Å²) < 4.78 is 10.1. The van der Waals surface area contributed by atoms with E-state index in [2.05, 4.69) is 76.7 Å². The fourth-order valence-electron chi connectivity index (χ4n) is 3.99. The van der Waals surface area contributed by atoms with Gasteiger partial charge in [-0.3, -0.25) is 0 Å². The Bertz CT molecular complexity index is 1230. The van der Waals surface area contributed by atoms with Crippen LogP contribution in [0.25, 0.3) is 38.2 Å². The highest BCUT2D eigenvalue weighted by atomic mass is 16.5. The van der Waals surface area contributed by atoms with E-state index in [1.54, 1.807) is 7.11 Å². The average molecular weight is 314 g/mol. The van der Waals surface area contributed by atoms with Crippen molar-refractivity contribution in [3.05, 3.63) is 66.4 Å². The second-order valence-corrected chi connectivity index (χ2v) is 6.36. The molecule has 24 heavy (non-hydrogen) atoms. The number of ether oxygens (including phenoxy) is 1. The lowest BCUT2D eigenvalue weighted by atomic mass is 10.1. The van der Waals surface area contributed by atoms with Gasteiger partial charge in [-0.15, -0.1) is 0 Å². The van der Waals surface area contributed by atoms with Crippen LogP contribution in [0.1, 0.15) is 5.56 Å². The highest BCUT2D eigenvalue weighted by Gasteiger charge is 2.17. The van der Waals surface area contributed by atoms with Gasteiger partial charge in [0, 0.05) is 29.5 Å². The lowest BCUT2D eigenvalue weighted by Gasteiger charge is -2.08. The van der Waals surface area contributed by atoms with Gasteiger partial charge in [0.05, 0.1) is 22.1 Å². The van der Waals surface area contributed by atoms with E-state index in [0.717, 1.165) is 0 Å². The first-order chi connectivity index (χ1) is 11.8. The molecule has 0 aliphatic carbocycles. The molecular weight excluding hydrogens is 296 g/mol. The predicted molar refractivity (Wildman–Crippen MR) is 99.7 cm³/mol. The lowest BCUT2D eigenvalue weighted by Crippen LogP contribution is -2.00. The maximum absolute atomic E-state index is 5.52. The number of pyridine rings is 1. The van der Waals surface area contributed by atoms with E-state index in [9.17, 15) is 0 Å². The van der Waals surface area contributed by atoms with Crippen molar-refractivity contribution in [2.75, 3.05) is 7.11 Å². The van der Waals surface area contributed by atoms with E-state index < -0.39 is 0 Å². The van der Waals surface area contributed by atoms with Crippen molar-refractivity contribution in [3.63, 3.8) is 0 Å². The molecule has 3 aromatic heterocycles. The molecule has 0 aliphatic rings. The van der Waals surface area contributed by atoms with Crippen LogP contribution in [0.5, 0.6) is 0 Å². The number of methoxy groups -OCH3 is 1. The van der Waals surface area contributed by atoms with E-state index in [1.165, 1.54) is 43.8 Å². The highest BCUT2D eigenvalue weighted by molar-refractivity contribution is 6.15. The van der Waals surface area contributed by atoms with Crippen molar-refractivity contribution < 1.29 is 4.74 Å². The quantitative estimate of drug-likeness (QED) is 0.443. The molecule has 0 amide bonds. The molecule has 0 saturated carbocycles. The highest BCUT2D eigenvalue weighted by Crippen LogP contribution is 2.36. The summed E-state index contributed by atoms with van der Waals surface area (Å²) in [5.74, 6) is 0. The number of aryl methyl sites for hydroxylation is 1. The number of benzene rings is 2. The number of hydrogen-bond acceptors (Lipinski definition) is 1. The molecule has 0 fully saturated rings. The van der Waals surface area contributed by atoms with E-state index in [-0.39, 0.29) is 0 Å². The first-order valence-corrected chi connectivity index (χ1v) is 8.19. The van der Waals surface area contributed by atoms with E-state index >= 15 is 0 Å². The van der Waals surface area contributed by atoms with Crippen LogP contribution in [0, 0.1) is 6.92 Å². The van der Waals surface area contributed by atoms with Gasteiger partial charge in [0.15, 0.2) is 0 Å². The standard InChI is InChI=1S/C21H18N2O/c1-14-12-22-17-9-5-3-7-15(17)11-19(22)21-20(14)16-8-4-6-10-18(16)23(21)13-24-2/h3-12H,13H2,1-2H3. The molecule has 0 aliphatic heterocycles. The van der Waals surface area contributed by atoms with Gasteiger partial charge in [0.25, 0.3) is 0 Å². The molecule has 2 aromatic carbocycles. The Morgan fingerprint density at radius 1 is 0.917 bits per heavy atom. The molecule has 118 valence electrons. The third kappa shape index (κ3) is 1.65. The minimum absolute atomic E-state index is 0.546. The molecule has 3 heteroatoms. The zero-order valence-electron chi connectivity index (χ0n) is 13.8. The van der Waals surface area contributed by atoms with Crippen LogP contribution in [0.2, 0.25) is 0 Å². The molecule has 0 atom stereocenters. The summed E-state index contributed by atoms with van der Waals surface area (Å²) in [6.07, 6.45) is 2.25. The first-order valence-electron chi connectivity index (χ1n) is 8.19. The van der Waals surface area contributed by atoms with Gasteiger partial charge in [-0.1, -0.05) is 36.4 Å². The number of fused-ring (bicyclic) bond motifs is 7. The monoisotopic (exact) mass is 314 g/mol. The van der Waals surface area contributed by atoms with Gasteiger partial charge in [0.2, 0.25) is 0 Å². The van der Waals surface area contributed by atoms with E-state index in [4.69, 9.17) is 4.74 Å². The van der Waals surface area contributed by atoms with Gasteiger partial charge in [-0.25, -0.2) is 0 Å². The second-order valence-electron chi connectivity index (χ2n) is 6.36. The minimum Gasteiger partial charge on any atom is -0.364 e. The molecule has 3 nitrogen and oxygen atoms in total. The van der Waals surface area contributed by atoms with Gasteiger partial charge in [-0.2, -0.15) is 0 Å². The van der Waals surface area contributed by atoms with Crippen LogP contribution in [0.4, 0.5) is 0 Å². The Morgan fingerprint density at radius 2 is 1.67 bits per heavy atom. The summed E-state index contributed by atoms with van der Waals surface area (Å²) in [6.45, 7) is 2.74. The number of hydrogen-bond donors (Lipinski definition) is 0. The van der Waals surface area contributed by atoms with Crippen molar-refractivity contribution in [2.24, 2.45) is 0 Å². The van der Waals surface area contributed by atoms with Gasteiger partial charge in [-0.05, 0) is 30.7 Å². The summed E-state index contributed by atoms with van der Waals surface area (Å²) in [5.41, 5.74) is 6.21. The predicted octanol–water partition coefficient (Wildman–Crippen LogP) is 5.11. The first kappa shape index (κ1) is 13.6. The number of rotatable bonds is 2. The Labute approximate surface area is 139 Å². The average Bonchev–Trinajstić information content (AvgIpc) is 3.13. The molecule has 3 heterocycles. The zero-order chi connectivity index (χ0) is 16.3. The summed E-state index contributed by atoms with van der Waals surface area (Å²) in [6, 6.07) is 19.4. The third-order valence-corrected chi connectivity index (χ3v) is 4.94. The number of aromatic nitrogens is 2. The Hall–Kier alpha value is -2.78. The molecular formula is C21H18N2O. The molecule has 0 radical (unpaired) electrons. The van der Waals surface area contributed by atoms with Crippen molar-refractivity contribution in [3.8, 4) is 0 Å². The Balaban J connectivity index is 2.11. The van der Waals surface area contributed by atoms with Crippen molar-refractivity contribution >= 4 is 38.2 Å². The molecule has 0 spiro atoms. The third-order valence-electron chi connectivity index (χ3n) is 4.94. The Morgan fingerprint density at radius 3 is 2.50 bits per heavy atom. The van der Waals surface area contributed by atoms with Crippen LogP contribution in [-0.2, 0) is 11.5 Å². The van der Waals surface area contributed by atoms with Gasteiger partial charge in [0.1, 0.15) is 6.73 Å². The fraction of sp³-hybridized carbons (Fsp3) is 0.143. The van der Waals surface area contributed by atoms with Crippen LogP contribution in [0.15, 0.2) is 60.8 Å². The fourth-order valence-corrected chi connectivity index (χ4v) is 3.99. The summed E-state index contributed by atoms with van der Waals surface area (Å²) in [7, 11) is 1.75. The maximum Gasteiger partial charge on any atom is 0.123 e. The maximum atomic E-state index is 5.52. The molecule has 0 unspecified atom stereocenters. The summed E-state index contributed by atoms with van der Waals surface area (Å²) in [5, 5.41) is 3.87. The summed E-state index contributed by atoms with van der Waals surface area (Å²) >= 11 is 0. The molecule has 0 N–H and O–H groups in total. The minimum atomic E-state index is 0.546. The topological polar surface area (TPSA) is 18.6 Å². The molecule has 0 bridgehead atoms. The summed E-state index contributed by atoms with van der Waals surface area (Å²) in [4.78, 5) is 0.